The van der Waals surface area contributed by atoms with E-state index in [1.54, 1.807) is 0 Å². The number of hydrogen-bond donors (Lipinski definition) is 2. The van der Waals surface area contributed by atoms with Crippen LogP contribution in [0.3, 0.4) is 0 Å². The van der Waals surface area contributed by atoms with E-state index in [0.717, 1.165) is 38.2 Å². The van der Waals surface area contributed by atoms with Crippen LogP contribution in [0.25, 0.3) is 0 Å². The van der Waals surface area contributed by atoms with E-state index >= 15 is 0 Å². The molecule has 0 bridgehead atoms. The van der Waals surface area contributed by atoms with Crippen molar-refractivity contribution in [2.45, 2.75) is 19.8 Å². The van der Waals surface area contributed by atoms with Crippen molar-refractivity contribution < 1.29 is 0 Å². The van der Waals surface area contributed by atoms with Gasteiger partial charge in [0.05, 0.1) is 5.69 Å². The molecule has 0 spiro atoms. The summed E-state index contributed by atoms with van der Waals surface area (Å²) in [5.74, 6) is 0. The van der Waals surface area contributed by atoms with Crippen LogP contribution in [0, 0.1) is 0 Å². The van der Waals surface area contributed by atoms with Gasteiger partial charge >= 0.3 is 0 Å². The Kier molecular flexibility index (Phi) is 2.77. The van der Waals surface area contributed by atoms with Crippen LogP contribution in [0.2, 0.25) is 0 Å². The van der Waals surface area contributed by atoms with Crippen LogP contribution in [-0.2, 0) is 12.8 Å². The average Bonchev–Trinajstić information content (AvgIpc) is 2.42. The van der Waals surface area contributed by atoms with Gasteiger partial charge in [0.1, 0.15) is 0 Å². The average molecular weight is 207 g/mol. The summed E-state index contributed by atoms with van der Waals surface area (Å²) in [6, 6.07) is 1.83. The van der Waals surface area contributed by atoms with Gasteiger partial charge in [0.25, 0.3) is 5.56 Å². The van der Waals surface area contributed by atoms with Gasteiger partial charge in [0.15, 0.2) is 0 Å². The lowest BCUT2D eigenvalue weighted by Crippen LogP contribution is -2.25. The topological polar surface area (TPSA) is 62.1 Å². The van der Waals surface area contributed by atoms with Crippen molar-refractivity contribution >= 4 is 5.69 Å². The summed E-state index contributed by atoms with van der Waals surface area (Å²) in [4.78, 5) is 16.6. The minimum absolute atomic E-state index is 0.154. The van der Waals surface area contributed by atoms with Crippen molar-refractivity contribution in [2.24, 2.45) is 0 Å². The van der Waals surface area contributed by atoms with E-state index < -0.39 is 0 Å². The number of rotatable bonds is 1. The molecule has 0 unspecified atom stereocenters. The van der Waals surface area contributed by atoms with Crippen molar-refractivity contribution in [3.8, 4) is 0 Å². The third kappa shape index (κ3) is 2.04. The summed E-state index contributed by atoms with van der Waals surface area (Å²) in [5.41, 5.74) is 8.04. The first-order chi connectivity index (χ1) is 7.20. The number of anilines is 1. The zero-order chi connectivity index (χ0) is 10.8. The molecule has 0 saturated carbocycles. The molecular formula is C11H17N3O. The molecule has 1 aliphatic heterocycles. The summed E-state index contributed by atoms with van der Waals surface area (Å²) in [7, 11) is 0. The maximum Gasteiger partial charge on any atom is 0.271 e. The molecule has 0 amide bonds. The van der Waals surface area contributed by atoms with Gasteiger partial charge in [-0.05, 0) is 24.6 Å². The fourth-order valence-corrected chi connectivity index (χ4v) is 2.05. The predicted octanol–water partition coefficient (Wildman–Crippen LogP) is 0.378. The molecular weight excluding hydrogens is 190 g/mol. The number of likely N-dealkylation sites (N-methyl/N-ethyl adjacent to an activating group) is 1. The van der Waals surface area contributed by atoms with Crippen LogP contribution < -0.4 is 11.3 Å². The molecule has 0 aliphatic carbocycles. The summed E-state index contributed by atoms with van der Waals surface area (Å²) < 4.78 is 0. The van der Waals surface area contributed by atoms with Crippen LogP contribution in [0.4, 0.5) is 5.69 Å². The zero-order valence-corrected chi connectivity index (χ0v) is 9.05. The van der Waals surface area contributed by atoms with E-state index in [1.807, 2.05) is 6.07 Å². The van der Waals surface area contributed by atoms with E-state index in [2.05, 4.69) is 16.8 Å². The molecule has 0 fully saturated rings. The van der Waals surface area contributed by atoms with E-state index in [9.17, 15) is 4.79 Å². The van der Waals surface area contributed by atoms with E-state index in [1.165, 1.54) is 5.56 Å². The number of H-pyrrole nitrogens is 1. The highest BCUT2D eigenvalue weighted by Gasteiger charge is 2.14. The van der Waals surface area contributed by atoms with Gasteiger partial charge in [-0.15, -0.1) is 0 Å². The van der Waals surface area contributed by atoms with Crippen molar-refractivity contribution in [1.29, 1.82) is 0 Å². The Morgan fingerprint density at radius 2 is 2.20 bits per heavy atom. The smallest absolute Gasteiger partial charge is 0.271 e. The molecule has 1 aliphatic rings. The highest BCUT2D eigenvalue weighted by Crippen LogP contribution is 2.13. The van der Waals surface area contributed by atoms with Gasteiger partial charge in [0, 0.05) is 25.2 Å². The first kappa shape index (κ1) is 10.2. The van der Waals surface area contributed by atoms with E-state index in [0.29, 0.717) is 5.69 Å². The monoisotopic (exact) mass is 207 g/mol. The van der Waals surface area contributed by atoms with Crippen LogP contribution in [0.15, 0.2) is 10.9 Å². The molecule has 0 atom stereocenters. The number of fused-ring (bicyclic) bond motifs is 1. The summed E-state index contributed by atoms with van der Waals surface area (Å²) >= 11 is 0. The maximum absolute atomic E-state index is 11.4. The summed E-state index contributed by atoms with van der Waals surface area (Å²) in [5, 5.41) is 0. The fourth-order valence-electron chi connectivity index (χ4n) is 2.05. The highest BCUT2D eigenvalue weighted by molar-refractivity contribution is 5.40. The number of nitrogens with one attached hydrogen (secondary N) is 1. The summed E-state index contributed by atoms with van der Waals surface area (Å²) in [6.07, 6.45) is 1.89. The molecule has 0 saturated heterocycles. The highest BCUT2D eigenvalue weighted by atomic mass is 16.1. The normalized spacial score (nSPS) is 17.1. The molecule has 4 nitrogen and oxygen atoms in total. The second-order valence-corrected chi connectivity index (χ2v) is 3.99. The SMILES string of the molecule is CCN1CCc2cc(N)c(=O)[nH]c2CC1. The number of nitrogen functional groups attached to an aromatic ring is 1. The number of nitrogens with zero attached hydrogens (tertiary/aromatic N) is 1. The molecule has 0 radical (unpaired) electrons. The number of aromatic nitrogens is 1. The van der Waals surface area contributed by atoms with E-state index in [-0.39, 0.29) is 5.56 Å². The quantitative estimate of drug-likeness (QED) is 0.699. The molecule has 15 heavy (non-hydrogen) atoms. The maximum atomic E-state index is 11.4. The third-order valence-electron chi connectivity index (χ3n) is 3.07. The van der Waals surface area contributed by atoms with E-state index in [4.69, 9.17) is 5.73 Å². The lowest BCUT2D eigenvalue weighted by molar-refractivity contribution is 0.303. The minimum atomic E-state index is -0.154. The molecule has 1 aromatic rings. The van der Waals surface area contributed by atoms with Gasteiger partial charge < -0.3 is 15.6 Å². The number of hydrogen-bond acceptors (Lipinski definition) is 3. The van der Waals surface area contributed by atoms with Gasteiger partial charge in [-0.2, -0.15) is 0 Å². The van der Waals surface area contributed by atoms with Crippen LogP contribution in [0.5, 0.6) is 0 Å². The van der Waals surface area contributed by atoms with Crippen molar-refractivity contribution in [3.63, 3.8) is 0 Å². The molecule has 82 valence electrons. The van der Waals surface area contributed by atoms with Crippen LogP contribution in [-0.4, -0.2) is 29.5 Å². The van der Waals surface area contributed by atoms with Gasteiger partial charge in [-0.1, -0.05) is 6.92 Å². The van der Waals surface area contributed by atoms with Crippen molar-refractivity contribution in [1.82, 2.24) is 9.88 Å². The zero-order valence-electron chi connectivity index (χ0n) is 9.05. The Morgan fingerprint density at radius 1 is 1.47 bits per heavy atom. The number of aromatic amines is 1. The molecule has 2 rings (SSSR count). The second kappa shape index (κ2) is 4.06. The van der Waals surface area contributed by atoms with Crippen LogP contribution in [0.1, 0.15) is 18.2 Å². The lowest BCUT2D eigenvalue weighted by Gasteiger charge is -2.16. The Hall–Kier alpha value is -1.29. The summed E-state index contributed by atoms with van der Waals surface area (Å²) in [6.45, 7) is 5.29. The lowest BCUT2D eigenvalue weighted by atomic mass is 10.1. The number of pyridine rings is 1. The fraction of sp³-hybridized carbons (Fsp3) is 0.545. The molecule has 0 aromatic carbocycles. The third-order valence-corrected chi connectivity index (χ3v) is 3.07. The molecule has 1 aromatic heterocycles. The van der Waals surface area contributed by atoms with Gasteiger partial charge in [-0.3, -0.25) is 4.79 Å². The Bertz CT molecular complexity index is 411. The Morgan fingerprint density at radius 3 is 2.93 bits per heavy atom. The molecule has 3 N–H and O–H groups in total. The Balaban J connectivity index is 2.31. The van der Waals surface area contributed by atoms with Gasteiger partial charge in [-0.25, -0.2) is 0 Å². The first-order valence-electron chi connectivity index (χ1n) is 5.43. The molecule has 4 heteroatoms. The minimum Gasteiger partial charge on any atom is -0.394 e. The number of nitrogens with two attached hydrogens (primary N) is 1. The van der Waals surface area contributed by atoms with Crippen LogP contribution >= 0.6 is 0 Å². The largest absolute Gasteiger partial charge is 0.394 e. The van der Waals surface area contributed by atoms with Gasteiger partial charge in [0.2, 0.25) is 0 Å². The standard InChI is InChI=1S/C11H17N3O/c1-2-14-5-3-8-7-9(12)11(15)13-10(8)4-6-14/h7H,2-6,12H2,1H3,(H,13,15). The first-order valence-corrected chi connectivity index (χ1v) is 5.43. The second-order valence-electron chi connectivity index (χ2n) is 3.99. The predicted molar refractivity (Wildman–Crippen MR) is 61.0 cm³/mol. The Labute approximate surface area is 89.1 Å². The van der Waals surface area contributed by atoms with Crippen molar-refractivity contribution in [3.05, 3.63) is 27.7 Å². The van der Waals surface area contributed by atoms with Crippen molar-refractivity contribution in [2.75, 3.05) is 25.4 Å². The molecule has 2 heterocycles.